The first-order chi connectivity index (χ1) is 8.92. The van der Waals surface area contributed by atoms with E-state index in [-0.39, 0.29) is 18.1 Å². The molecule has 106 valence electrons. The zero-order valence-corrected chi connectivity index (χ0v) is 11.9. The summed E-state index contributed by atoms with van der Waals surface area (Å²) < 4.78 is 40.5. The Labute approximate surface area is 117 Å². The fourth-order valence-corrected chi connectivity index (χ4v) is 3.74. The average Bonchev–Trinajstić information content (AvgIpc) is 2.80. The van der Waals surface area contributed by atoms with Crippen LogP contribution < -0.4 is 0 Å². The first-order valence-corrected chi connectivity index (χ1v) is 7.24. The van der Waals surface area contributed by atoms with Crippen molar-refractivity contribution in [2.24, 2.45) is 0 Å². The van der Waals surface area contributed by atoms with Gasteiger partial charge in [-0.2, -0.15) is 18.3 Å². The van der Waals surface area contributed by atoms with Crippen molar-refractivity contribution >= 4 is 15.9 Å². The number of rotatable bonds is 2. The molecule has 0 aliphatic carbocycles. The third-order valence-electron chi connectivity index (χ3n) is 4.17. The number of hydrogen-bond acceptors (Lipinski definition) is 2. The Hall–Kier alpha value is -0.560. The van der Waals surface area contributed by atoms with Crippen molar-refractivity contribution in [1.82, 2.24) is 14.7 Å². The summed E-state index contributed by atoms with van der Waals surface area (Å²) in [6, 6.07) is 0.329. The van der Waals surface area contributed by atoms with Crippen molar-refractivity contribution in [2.75, 3.05) is 6.54 Å². The second-order valence-corrected chi connectivity index (χ2v) is 6.35. The summed E-state index contributed by atoms with van der Waals surface area (Å²) in [4.78, 5) is 1.65. The van der Waals surface area contributed by atoms with Gasteiger partial charge in [0.2, 0.25) is 0 Å². The first-order valence-electron chi connectivity index (χ1n) is 6.44. The van der Waals surface area contributed by atoms with Crippen molar-refractivity contribution in [3.8, 4) is 0 Å². The van der Waals surface area contributed by atoms with E-state index in [9.17, 15) is 13.2 Å². The topological polar surface area (TPSA) is 21.1 Å². The van der Waals surface area contributed by atoms with Crippen LogP contribution in [-0.2, 0) is 0 Å². The van der Waals surface area contributed by atoms with Gasteiger partial charge in [-0.15, -0.1) is 0 Å². The van der Waals surface area contributed by atoms with Gasteiger partial charge in [0, 0.05) is 18.3 Å². The van der Waals surface area contributed by atoms with Crippen molar-refractivity contribution in [2.45, 2.75) is 50.0 Å². The number of nitrogens with zero attached hydrogens (tertiary/aromatic N) is 3. The van der Waals surface area contributed by atoms with Crippen LogP contribution in [0.15, 0.2) is 16.9 Å². The Morgan fingerprint density at radius 1 is 1.21 bits per heavy atom. The number of hydrogen-bond donors (Lipinski definition) is 0. The molecule has 2 bridgehead atoms. The SMILES string of the molecule is FC(F)(F)CN1C2CCC1CC(n1cc(Br)cn1)C2. The number of fused-ring (bicyclic) bond motifs is 2. The fourth-order valence-electron chi connectivity index (χ4n) is 3.44. The number of aromatic nitrogens is 2. The van der Waals surface area contributed by atoms with E-state index in [1.54, 1.807) is 11.1 Å². The summed E-state index contributed by atoms with van der Waals surface area (Å²) in [6.07, 6.45) is 2.82. The first kappa shape index (κ1) is 13.4. The van der Waals surface area contributed by atoms with E-state index in [0.29, 0.717) is 0 Å². The molecule has 2 aliphatic rings. The van der Waals surface area contributed by atoms with Crippen LogP contribution in [0.1, 0.15) is 31.7 Å². The number of alkyl halides is 3. The average molecular weight is 338 g/mol. The third-order valence-corrected chi connectivity index (χ3v) is 4.57. The van der Waals surface area contributed by atoms with Crippen molar-refractivity contribution < 1.29 is 13.2 Å². The van der Waals surface area contributed by atoms with Gasteiger partial charge in [0.15, 0.2) is 0 Å². The van der Waals surface area contributed by atoms with Crippen LogP contribution in [0.25, 0.3) is 0 Å². The lowest BCUT2D eigenvalue weighted by Crippen LogP contribution is -2.47. The maximum atomic E-state index is 12.6. The molecule has 0 N–H and O–H groups in total. The summed E-state index contributed by atoms with van der Waals surface area (Å²) in [6.45, 7) is -0.766. The van der Waals surface area contributed by atoms with Gasteiger partial charge in [-0.25, -0.2) is 0 Å². The highest BCUT2D eigenvalue weighted by atomic mass is 79.9. The van der Waals surface area contributed by atoms with Crippen LogP contribution >= 0.6 is 15.9 Å². The van der Waals surface area contributed by atoms with Gasteiger partial charge in [-0.1, -0.05) is 0 Å². The van der Waals surface area contributed by atoms with Gasteiger partial charge in [-0.05, 0) is 41.6 Å². The van der Waals surface area contributed by atoms with Crippen LogP contribution in [0.4, 0.5) is 13.2 Å². The molecule has 2 fully saturated rings. The minimum atomic E-state index is -4.09. The molecular formula is C12H15BrF3N3. The maximum absolute atomic E-state index is 12.6. The number of piperidine rings is 1. The highest BCUT2D eigenvalue weighted by Gasteiger charge is 2.45. The quantitative estimate of drug-likeness (QED) is 0.824. The lowest BCUT2D eigenvalue weighted by atomic mass is 9.97. The zero-order chi connectivity index (χ0) is 13.6. The lowest BCUT2D eigenvalue weighted by molar-refractivity contribution is -0.156. The van der Waals surface area contributed by atoms with Crippen LogP contribution in [0, 0.1) is 0 Å². The molecule has 3 rings (SSSR count). The Balaban J connectivity index is 1.71. The van der Waals surface area contributed by atoms with E-state index in [4.69, 9.17) is 0 Å². The molecule has 0 spiro atoms. The van der Waals surface area contributed by atoms with Crippen LogP contribution in [-0.4, -0.2) is 39.5 Å². The van der Waals surface area contributed by atoms with Gasteiger partial charge < -0.3 is 0 Å². The van der Waals surface area contributed by atoms with E-state index in [1.165, 1.54) is 0 Å². The monoisotopic (exact) mass is 337 g/mol. The van der Waals surface area contributed by atoms with Crippen molar-refractivity contribution in [3.63, 3.8) is 0 Å². The van der Waals surface area contributed by atoms with Gasteiger partial charge in [0.1, 0.15) is 0 Å². The molecule has 7 heteroatoms. The highest BCUT2D eigenvalue weighted by molar-refractivity contribution is 9.10. The zero-order valence-electron chi connectivity index (χ0n) is 10.3. The molecule has 2 unspecified atom stereocenters. The third kappa shape index (κ3) is 2.81. The predicted molar refractivity (Wildman–Crippen MR) is 67.8 cm³/mol. The van der Waals surface area contributed by atoms with E-state index < -0.39 is 12.7 Å². The summed E-state index contributed by atoms with van der Waals surface area (Å²) in [7, 11) is 0. The van der Waals surface area contributed by atoms with Gasteiger partial charge in [-0.3, -0.25) is 9.58 Å². The second kappa shape index (κ2) is 4.77. The van der Waals surface area contributed by atoms with E-state index in [0.717, 1.165) is 30.2 Å². The highest BCUT2D eigenvalue weighted by Crippen LogP contribution is 2.42. The molecule has 1 aromatic heterocycles. The molecule has 19 heavy (non-hydrogen) atoms. The molecular weight excluding hydrogens is 323 g/mol. The van der Waals surface area contributed by atoms with Gasteiger partial charge in [0.25, 0.3) is 0 Å². The molecule has 1 aromatic rings. The standard InChI is InChI=1S/C12H15BrF3N3/c13-8-5-17-19(6-8)11-3-9-1-2-10(4-11)18(9)7-12(14,15)16/h5-6,9-11H,1-4,7H2. The molecule has 3 nitrogen and oxygen atoms in total. The summed E-state index contributed by atoms with van der Waals surface area (Å²) in [5, 5.41) is 4.26. The fraction of sp³-hybridized carbons (Fsp3) is 0.750. The van der Waals surface area contributed by atoms with Gasteiger partial charge >= 0.3 is 6.18 Å². The molecule has 0 saturated carbocycles. The Morgan fingerprint density at radius 3 is 2.32 bits per heavy atom. The summed E-state index contributed by atoms with van der Waals surface area (Å²) >= 11 is 3.35. The largest absolute Gasteiger partial charge is 0.401 e. The van der Waals surface area contributed by atoms with Crippen LogP contribution in [0.2, 0.25) is 0 Å². The van der Waals surface area contributed by atoms with E-state index in [2.05, 4.69) is 21.0 Å². The smallest absolute Gasteiger partial charge is 0.289 e. The minimum Gasteiger partial charge on any atom is -0.289 e. The molecule has 3 heterocycles. The van der Waals surface area contributed by atoms with Crippen LogP contribution in [0.5, 0.6) is 0 Å². The molecule has 0 radical (unpaired) electrons. The molecule has 2 aliphatic heterocycles. The van der Waals surface area contributed by atoms with Crippen LogP contribution in [0.3, 0.4) is 0 Å². The Morgan fingerprint density at radius 2 is 1.84 bits per heavy atom. The van der Waals surface area contributed by atoms with E-state index >= 15 is 0 Å². The maximum Gasteiger partial charge on any atom is 0.401 e. The molecule has 2 atom stereocenters. The minimum absolute atomic E-state index is 0.0494. The second-order valence-electron chi connectivity index (χ2n) is 5.44. The van der Waals surface area contributed by atoms with Crippen molar-refractivity contribution in [1.29, 1.82) is 0 Å². The normalized spacial score (nSPS) is 31.9. The predicted octanol–water partition coefficient (Wildman–Crippen LogP) is 3.38. The number of halogens is 4. The van der Waals surface area contributed by atoms with E-state index in [1.807, 2.05) is 10.9 Å². The molecule has 0 amide bonds. The van der Waals surface area contributed by atoms with Gasteiger partial charge in [0.05, 0.1) is 23.3 Å². The Kier molecular flexibility index (Phi) is 3.37. The lowest BCUT2D eigenvalue weighted by Gasteiger charge is -2.39. The Bertz CT molecular complexity index is 445. The summed E-state index contributed by atoms with van der Waals surface area (Å²) in [5.41, 5.74) is 0. The molecule has 2 saturated heterocycles. The molecule has 0 aromatic carbocycles. The van der Waals surface area contributed by atoms with Crippen molar-refractivity contribution in [3.05, 3.63) is 16.9 Å². The summed E-state index contributed by atoms with van der Waals surface area (Å²) in [5.74, 6) is 0.